The standard InChI is InChI=1S/C17H14N2OS/c20-16(19-17-18-14-9-4-10-15(14)21-17)13-8-3-6-11-5-1-2-7-12(11)13/h1-3,5-8H,4,9-10H2,(H,18,19,20). The number of hydrogen-bond acceptors (Lipinski definition) is 3. The monoisotopic (exact) mass is 294 g/mol. The molecule has 21 heavy (non-hydrogen) atoms. The lowest BCUT2D eigenvalue weighted by Gasteiger charge is -2.06. The lowest BCUT2D eigenvalue weighted by molar-refractivity contribution is 0.102. The van der Waals surface area contributed by atoms with Crippen molar-refractivity contribution in [1.82, 2.24) is 4.98 Å². The molecule has 0 aliphatic heterocycles. The minimum absolute atomic E-state index is 0.0841. The van der Waals surface area contributed by atoms with Crippen LogP contribution >= 0.6 is 11.3 Å². The summed E-state index contributed by atoms with van der Waals surface area (Å²) < 4.78 is 0. The van der Waals surface area contributed by atoms with E-state index in [9.17, 15) is 4.79 Å². The number of hydrogen-bond donors (Lipinski definition) is 1. The number of fused-ring (bicyclic) bond motifs is 2. The predicted molar refractivity (Wildman–Crippen MR) is 86.0 cm³/mol. The van der Waals surface area contributed by atoms with Gasteiger partial charge < -0.3 is 0 Å². The normalized spacial score (nSPS) is 13.3. The highest BCUT2D eigenvalue weighted by Crippen LogP contribution is 2.31. The summed E-state index contributed by atoms with van der Waals surface area (Å²) in [6.45, 7) is 0. The average molecular weight is 294 g/mol. The second-order valence-electron chi connectivity index (χ2n) is 5.22. The van der Waals surface area contributed by atoms with Gasteiger partial charge in [0.2, 0.25) is 0 Å². The summed E-state index contributed by atoms with van der Waals surface area (Å²) in [4.78, 5) is 18.4. The molecule has 3 nitrogen and oxygen atoms in total. The Morgan fingerprint density at radius 1 is 1.10 bits per heavy atom. The molecule has 104 valence electrons. The zero-order valence-corrected chi connectivity index (χ0v) is 12.2. The molecule has 0 radical (unpaired) electrons. The number of benzene rings is 2. The molecule has 2 aromatic carbocycles. The van der Waals surface area contributed by atoms with E-state index in [1.807, 2.05) is 42.5 Å². The van der Waals surface area contributed by atoms with E-state index in [-0.39, 0.29) is 5.91 Å². The van der Waals surface area contributed by atoms with E-state index in [0.29, 0.717) is 5.56 Å². The van der Waals surface area contributed by atoms with Crippen LogP contribution in [0.3, 0.4) is 0 Å². The topological polar surface area (TPSA) is 42.0 Å². The van der Waals surface area contributed by atoms with Crippen molar-refractivity contribution in [2.45, 2.75) is 19.3 Å². The fraction of sp³-hybridized carbons (Fsp3) is 0.176. The molecular weight excluding hydrogens is 280 g/mol. The number of aromatic nitrogens is 1. The number of nitrogens with one attached hydrogen (secondary N) is 1. The summed E-state index contributed by atoms with van der Waals surface area (Å²) in [6, 6.07) is 13.7. The Labute approximate surface area is 126 Å². The number of amides is 1. The third-order valence-electron chi connectivity index (χ3n) is 3.85. The van der Waals surface area contributed by atoms with Gasteiger partial charge in [-0.15, -0.1) is 11.3 Å². The predicted octanol–water partition coefficient (Wildman–Crippen LogP) is 4.04. The highest BCUT2D eigenvalue weighted by atomic mass is 32.1. The summed E-state index contributed by atoms with van der Waals surface area (Å²) in [5.41, 5.74) is 1.86. The first kappa shape index (κ1) is 12.5. The van der Waals surface area contributed by atoms with Crippen LogP contribution in [0.5, 0.6) is 0 Å². The van der Waals surface area contributed by atoms with E-state index in [4.69, 9.17) is 0 Å². The molecule has 1 aliphatic carbocycles. The first-order chi connectivity index (χ1) is 10.3. The molecule has 0 unspecified atom stereocenters. The van der Waals surface area contributed by atoms with Gasteiger partial charge in [0.1, 0.15) is 0 Å². The van der Waals surface area contributed by atoms with Crippen LogP contribution in [-0.2, 0) is 12.8 Å². The van der Waals surface area contributed by atoms with Crippen LogP contribution in [0.4, 0.5) is 5.13 Å². The summed E-state index contributed by atoms with van der Waals surface area (Å²) >= 11 is 1.61. The molecule has 0 saturated carbocycles. The Morgan fingerprint density at radius 2 is 1.95 bits per heavy atom. The Balaban J connectivity index is 1.67. The number of anilines is 1. The molecule has 1 aromatic heterocycles. The van der Waals surface area contributed by atoms with E-state index < -0.39 is 0 Å². The molecule has 1 N–H and O–H groups in total. The van der Waals surface area contributed by atoms with Gasteiger partial charge in [-0.05, 0) is 36.1 Å². The SMILES string of the molecule is O=C(Nc1nc2c(s1)CCC2)c1cccc2ccccc12. The maximum absolute atomic E-state index is 12.5. The minimum atomic E-state index is -0.0841. The van der Waals surface area contributed by atoms with E-state index >= 15 is 0 Å². The minimum Gasteiger partial charge on any atom is -0.298 e. The van der Waals surface area contributed by atoms with Crippen LogP contribution in [-0.4, -0.2) is 10.9 Å². The Morgan fingerprint density at radius 3 is 2.86 bits per heavy atom. The molecule has 0 saturated heterocycles. The van der Waals surface area contributed by atoms with Gasteiger partial charge in [0, 0.05) is 10.4 Å². The van der Waals surface area contributed by atoms with Crippen molar-refractivity contribution < 1.29 is 4.79 Å². The Kier molecular flexibility index (Phi) is 2.97. The van der Waals surface area contributed by atoms with Crippen LogP contribution in [0.15, 0.2) is 42.5 Å². The molecule has 0 atom stereocenters. The first-order valence-electron chi connectivity index (χ1n) is 7.09. The quantitative estimate of drug-likeness (QED) is 0.775. The molecule has 0 bridgehead atoms. The van der Waals surface area contributed by atoms with Crippen molar-refractivity contribution in [3.63, 3.8) is 0 Å². The second-order valence-corrected chi connectivity index (χ2v) is 6.31. The molecule has 1 heterocycles. The van der Waals surface area contributed by atoms with Crippen LogP contribution in [0, 0.1) is 0 Å². The summed E-state index contributed by atoms with van der Waals surface area (Å²) in [5.74, 6) is -0.0841. The average Bonchev–Trinajstić information content (AvgIpc) is 3.07. The zero-order chi connectivity index (χ0) is 14.2. The molecule has 1 aliphatic rings. The van der Waals surface area contributed by atoms with E-state index in [2.05, 4.69) is 10.3 Å². The van der Waals surface area contributed by atoms with Gasteiger partial charge >= 0.3 is 0 Å². The second kappa shape index (κ2) is 4.97. The number of rotatable bonds is 2. The van der Waals surface area contributed by atoms with Crippen LogP contribution in [0.1, 0.15) is 27.3 Å². The lowest BCUT2D eigenvalue weighted by Crippen LogP contribution is -2.12. The zero-order valence-electron chi connectivity index (χ0n) is 11.4. The van der Waals surface area contributed by atoms with Gasteiger partial charge in [0.05, 0.1) is 5.69 Å². The first-order valence-corrected chi connectivity index (χ1v) is 7.90. The van der Waals surface area contributed by atoms with Crippen LogP contribution in [0.25, 0.3) is 10.8 Å². The summed E-state index contributed by atoms with van der Waals surface area (Å²) in [5, 5.41) is 5.72. The molecule has 1 amide bonds. The number of carbonyl (C=O) groups is 1. The smallest absolute Gasteiger partial charge is 0.258 e. The number of carbonyl (C=O) groups excluding carboxylic acids is 1. The maximum atomic E-state index is 12.5. The van der Waals surface area contributed by atoms with Gasteiger partial charge in [-0.2, -0.15) is 0 Å². The Bertz CT molecular complexity index is 811. The largest absolute Gasteiger partial charge is 0.298 e. The number of aryl methyl sites for hydroxylation is 2. The lowest BCUT2D eigenvalue weighted by atomic mass is 10.0. The number of thiazole rings is 1. The maximum Gasteiger partial charge on any atom is 0.258 e. The van der Waals surface area contributed by atoms with Gasteiger partial charge in [-0.1, -0.05) is 36.4 Å². The molecule has 0 spiro atoms. The van der Waals surface area contributed by atoms with Crippen molar-refractivity contribution in [2.24, 2.45) is 0 Å². The van der Waals surface area contributed by atoms with Crippen molar-refractivity contribution in [1.29, 1.82) is 0 Å². The van der Waals surface area contributed by atoms with Crippen LogP contribution < -0.4 is 5.32 Å². The molecule has 4 rings (SSSR count). The van der Waals surface area contributed by atoms with Crippen molar-refractivity contribution >= 4 is 33.1 Å². The van der Waals surface area contributed by atoms with Crippen molar-refractivity contribution in [3.05, 3.63) is 58.6 Å². The van der Waals surface area contributed by atoms with Gasteiger partial charge in [0.15, 0.2) is 5.13 Å². The fourth-order valence-corrected chi connectivity index (χ4v) is 3.88. The van der Waals surface area contributed by atoms with Gasteiger partial charge in [0.25, 0.3) is 5.91 Å². The van der Waals surface area contributed by atoms with E-state index in [0.717, 1.165) is 34.4 Å². The summed E-state index contributed by atoms with van der Waals surface area (Å²) in [7, 11) is 0. The third-order valence-corrected chi connectivity index (χ3v) is 4.92. The Hall–Kier alpha value is -2.20. The summed E-state index contributed by atoms with van der Waals surface area (Å²) in [6.07, 6.45) is 3.32. The highest BCUT2D eigenvalue weighted by molar-refractivity contribution is 7.16. The molecule has 0 fully saturated rings. The molecular formula is C17H14N2OS. The van der Waals surface area contributed by atoms with Gasteiger partial charge in [-0.3, -0.25) is 10.1 Å². The highest BCUT2D eigenvalue weighted by Gasteiger charge is 2.18. The van der Waals surface area contributed by atoms with Crippen molar-refractivity contribution in [3.8, 4) is 0 Å². The van der Waals surface area contributed by atoms with Gasteiger partial charge in [-0.25, -0.2) is 4.98 Å². The number of nitrogens with zero attached hydrogens (tertiary/aromatic N) is 1. The molecule has 3 aromatic rings. The van der Waals surface area contributed by atoms with E-state index in [1.54, 1.807) is 11.3 Å². The van der Waals surface area contributed by atoms with Crippen molar-refractivity contribution in [2.75, 3.05) is 5.32 Å². The third kappa shape index (κ3) is 2.21. The fourth-order valence-electron chi connectivity index (χ4n) is 2.83. The van der Waals surface area contributed by atoms with Crippen LogP contribution in [0.2, 0.25) is 0 Å². The molecule has 4 heteroatoms. The van der Waals surface area contributed by atoms with E-state index in [1.165, 1.54) is 11.3 Å².